The van der Waals surface area contributed by atoms with Crippen LogP contribution in [0.1, 0.15) is 17.3 Å². The van der Waals surface area contributed by atoms with Crippen molar-refractivity contribution in [2.45, 2.75) is 6.92 Å². The number of ether oxygens (including phenoxy) is 3. The van der Waals surface area contributed by atoms with Crippen molar-refractivity contribution >= 4 is 40.0 Å². The number of para-hydroxylation sites is 1. The fourth-order valence-electron chi connectivity index (χ4n) is 2.63. The van der Waals surface area contributed by atoms with Crippen LogP contribution in [-0.4, -0.2) is 36.8 Å². The van der Waals surface area contributed by atoms with Crippen LogP contribution in [0.25, 0.3) is 10.9 Å². The van der Waals surface area contributed by atoms with Crippen LogP contribution in [-0.2, 0) is 4.74 Å². The fourth-order valence-corrected chi connectivity index (χ4v) is 2.80. The Hall–Kier alpha value is -3.06. The lowest BCUT2D eigenvalue weighted by Crippen LogP contribution is -2.08. The third-order valence-corrected chi connectivity index (χ3v) is 4.02. The second kappa shape index (κ2) is 8.09. The molecule has 0 fully saturated rings. The summed E-state index contributed by atoms with van der Waals surface area (Å²) in [6.07, 6.45) is 0. The van der Waals surface area contributed by atoms with Gasteiger partial charge in [-0.3, -0.25) is 0 Å². The van der Waals surface area contributed by atoms with Gasteiger partial charge in [0.2, 0.25) is 5.28 Å². The van der Waals surface area contributed by atoms with Gasteiger partial charge in [-0.05, 0) is 36.7 Å². The molecule has 8 heteroatoms. The van der Waals surface area contributed by atoms with Crippen LogP contribution >= 0.6 is 11.6 Å². The number of hydrogen-bond acceptors (Lipinski definition) is 7. The zero-order chi connectivity index (χ0) is 19.4. The van der Waals surface area contributed by atoms with E-state index in [4.69, 9.17) is 25.8 Å². The smallest absolute Gasteiger partial charge is 0.340 e. The van der Waals surface area contributed by atoms with E-state index < -0.39 is 5.97 Å². The molecule has 3 rings (SSSR count). The van der Waals surface area contributed by atoms with E-state index in [9.17, 15) is 4.79 Å². The van der Waals surface area contributed by atoms with Gasteiger partial charge in [-0.2, -0.15) is 4.98 Å². The highest BCUT2D eigenvalue weighted by molar-refractivity contribution is 6.29. The number of nitrogens with one attached hydrogen (secondary N) is 1. The molecule has 0 spiro atoms. The molecule has 1 aromatic heterocycles. The van der Waals surface area contributed by atoms with Gasteiger partial charge in [-0.15, -0.1) is 0 Å². The quantitative estimate of drug-likeness (QED) is 0.500. The Bertz CT molecular complexity index is 994. The standard InChI is InChI=1S/C19H18ClN3O4/c1-4-27-18(24)11-7-5-6-8-13(11)21-17-12-9-15(25-2)16(26-3)10-14(12)22-19(20)23-17/h5-10H,4H2,1-3H3,(H,21,22,23). The lowest BCUT2D eigenvalue weighted by molar-refractivity contribution is 0.0527. The van der Waals surface area contributed by atoms with Crippen molar-refractivity contribution in [3.8, 4) is 11.5 Å². The van der Waals surface area contributed by atoms with Gasteiger partial charge in [0.15, 0.2) is 11.5 Å². The summed E-state index contributed by atoms with van der Waals surface area (Å²) in [5.74, 6) is 1.06. The van der Waals surface area contributed by atoms with E-state index in [2.05, 4.69) is 15.3 Å². The van der Waals surface area contributed by atoms with E-state index in [1.54, 1.807) is 57.5 Å². The van der Waals surface area contributed by atoms with Crippen molar-refractivity contribution in [1.29, 1.82) is 0 Å². The molecule has 1 heterocycles. The van der Waals surface area contributed by atoms with Crippen LogP contribution in [0.15, 0.2) is 36.4 Å². The van der Waals surface area contributed by atoms with Gasteiger partial charge in [0.05, 0.1) is 37.6 Å². The van der Waals surface area contributed by atoms with Crippen molar-refractivity contribution in [2.75, 3.05) is 26.1 Å². The molecule has 0 saturated carbocycles. The number of methoxy groups -OCH3 is 2. The summed E-state index contributed by atoms with van der Waals surface area (Å²) in [6.45, 7) is 2.04. The van der Waals surface area contributed by atoms with Crippen molar-refractivity contribution in [1.82, 2.24) is 9.97 Å². The second-order valence-corrected chi connectivity index (χ2v) is 5.79. The van der Waals surface area contributed by atoms with Gasteiger partial charge in [0.25, 0.3) is 0 Å². The first-order chi connectivity index (χ1) is 13.1. The lowest BCUT2D eigenvalue weighted by Gasteiger charge is -2.14. The van der Waals surface area contributed by atoms with E-state index in [0.29, 0.717) is 39.5 Å². The van der Waals surface area contributed by atoms with Crippen molar-refractivity contribution in [3.05, 3.63) is 47.2 Å². The molecule has 0 radical (unpaired) electrons. The molecule has 0 aliphatic rings. The summed E-state index contributed by atoms with van der Waals surface area (Å²) in [5, 5.41) is 3.88. The molecular weight excluding hydrogens is 370 g/mol. The first kappa shape index (κ1) is 18.7. The molecule has 1 N–H and O–H groups in total. The van der Waals surface area contributed by atoms with Gasteiger partial charge in [-0.25, -0.2) is 9.78 Å². The Morgan fingerprint density at radius 3 is 2.52 bits per heavy atom. The first-order valence-corrected chi connectivity index (χ1v) is 8.57. The Morgan fingerprint density at radius 1 is 1.11 bits per heavy atom. The zero-order valence-electron chi connectivity index (χ0n) is 15.1. The Kier molecular flexibility index (Phi) is 5.61. The average molecular weight is 388 g/mol. The number of benzene rings is 2. The number of anilines is 2. The normalized spacial score (nSPS) is 10.5. The fraction of sp³-hybridized carbons (Fsp3) is 0.211. The molecule has 0 bridgehead atoms. The molecule has 27 heavy (non-hydrogen) atoms. The second-order valence-electron chi connectivity index (χ2n) is 5.46. The Morgan fingerprint density at radius 2 is 1.81 bits per heavy atom. The van der Waals surface area contributed by atoms with Gasteiger partial charge in [0.1, 0.15) is 5.82 Å². The monoisotopic (exact) mass is 387 g/mol. The minimum atomic E-state index is -0.427. The third-order valence-electron chi connectivity index (χ3n) is 3.85. The van der Waals surface area contributed by atoms with Crippen molar-refractivity contribution in [2.24, 2.45) is 0 Å². The SMILES string of the molecule is CCOC(=O)c1ccccc1Nc1nc(Cl)nc2cc(OC)c(OC)cc12. The predicted octanol–water partition coefficient (Wildman–Crippen LogP) is 4.22. The van der Waals surface area contributed by atoms with Crippen LogP contribution in [0.3, 0.4) is 0 Å². The maximum absolute atomic E-state index is 12.2. The van der Waals surface area contributed by atoms with Gasteiger partial charge in [-0.1, -0.05) is 12.1 Å². The number of aromatic nitrogens is 2. The van der Waals surface area contributed by atoms with E-state index in [-0.39, 0.29) is 11.9 Å². The molecule has 0 amide bonds. The van der Waals surface area contributed by atoms with Crippen LogP contribution in [0, 0.1) is 0 Å². The molecule has 0 atom stereocenters. The lowest BCUT2D eigenvalue weighted by atomic mass is 10.1. The third kappa shape index (κ3) is 3.88. The topological polar surface area (TPSA) is 82.6 Å². The summed E-state index contributed by atoms with van der Waals surface area (Å²) in [6, 6.07) is 10.5. The van der Waals surface area contributed by atoms with Crippen LogP contribution in [0.4, 0.5) is 11.5 Å². The van der Waals surface area contributed by atoms with Crippen molar-refractivity contribution < 1.29 is 19.0 Å². The Labute approximate surface area is 161 Å². The number of fused-ring (bicyclic) bond motifs is 1. The van der Waals surface area contributed by atoms with Gasteiger partial charge >= 0.3 is 5.97 Å². The van der Waals surface area contributed by atoms with Gasteiger partial charge < -0.3 is 19.5 Å². The summed E-state index contributed by atoms with van der Waals surface area (Å²) in [4.78, 5) is 20.7. The summed E-state index contributed by atoms with van der Waals surface area (Å²) >= 11 is 6.09. The van der Waals surface area contributed by atoms with E-state index in [0.717, 1.165) is 0 Å². The van der Waals surface area contributed by atoms with Crippen LogP contribution in [0.5, 0.6) is 11.5 Å². The summed E-state index contributed by atoms with van der Waals surface area (Å²) < 4.78 is 15.8. The molecule has 3 aromatic rings. The summed E-state index contributed by atoms with van der Waals surface area (Å²) in [7, 11) is 3.09. The molecular formula is C19H18ClN3O4. The average Bonchev–Trinajstić information content (AvgIpc) is 2.67. The minimum absolute atomic E-state index is 0.0610. The highest BCUT2D eigenvalue weighted by Gasteiger charge is 2.16. The minimum Gasteiger partial charge on any atom is -0.493 e. The van der Waals surface area contributed by atoms with Crippen LogP contribution in [0.2, 0.25) is 5.28 Å². The van der Waals surface area contributed by atoms with Crippen LogP contribution < -0.4 is 14.8 Å². The molecule has 0 aliphatic heterocycles. The largest absolute Gasteiger partial charge is 0.493 e. The number of hydrogen-bond donors (Lipinski definition) is 1. The number of nitrogens with zero attached hydrogens (tertiary/aromatic N) is 2. The van der Waals surface area contributed by atoms with E-state index in [1.165, 1.54) is 0 Å². The molecule has 140 valence electrons. The Balaban J connectivity index is 2.12. The van der Waals surface area contributed by atoms with E-state index in [1.807, 2.05) is 0 Å². The number of carbonyl (C=O) groups excluding carboxylic acids is 1. The highest BCUT2D eigenvalue weighted by Crippen LogP contribution is 2.35. The highest BCUT2D eigenvalue weighted by atomic mass is 35.5. The number of esters is 1. The van der Waals surface area contributed by atoms with Crippen molar-refractivity contribution in [3.63, 3.8) is 0 Å². The molecule has 0 unspecified atom stereocenters. The summed E-state index contributed by atoms with van der Waals surface area (Å²) in [5.41, 5.74) is 1.51. The molecule has 0 saturated heterocycles. The zero-order valence-corrected chi connectivity index (χ0v) is 15.8. The maximum Gasteiger partial charge on any atom is 0.340 e. The number of rotatable bonds is 6. The first-order valence-electron chi connectivity index (χ1n) is 8.19. The predicted molar refractivity (Wildman–Crippen MR) is 103 cm³/mol. The van der Waals surface area contributed by atoms with Gasteiger partial charge in [0, 0.05) is 11.5 Å². The molecule has 2 aromatic carbocycles. The maximum atomic E-state index is 12.2. The number of halogens is 1. The molecule has 0 aliphatic carbocycles. The molecule has 7 nitrogen and oxygen atoms in total. The number of carbonyl (C=O) groups is 1. The van der Waals surface area contributed by atoms with E-state index >= 15 is 0 Å².